The van der Waals surface area contributed by atoms with Gasteiger partial charge in [-0.25, -0.2) is 0 Å². The van der Waals surface area contributed by atoms with E-state index in [-0.39, 0.29) is 0 Å². The predicted molar refractivity (Wildman–Crippen MR) is 137 cm³/mol. The highest BCUT2D eigenvalue weighted by Crippen LogP contribution is 2.57. The Hall–Kier alpha value is -3.76. The van der Waals surface area contributed by atoms with Crippen LogP contribution in [0.1, 0.15) is 36.1 Å². The van der Waals surface area contributed by atoms with Gasteiger partial charge in [0, 0.05) is 47.3 Å². The molecule has 1 atom stereocenters. The molecule has 2 aliphatic rings. The quantitative estimate of drug-likeness (QED) is 0.350. The molecule has 0 aromatic heterocycles. The Bertz CT molecular complexity index is 1350. The van der Waals surface area contributed by atoms with E-state index < -0.39 is 5.60 Å². The summed E-state index contributed by atoms with van der Waals surface area (Å²) in [7, 11) is 0. The van der Waals surface area contributed by atoms with E-state index in [1.807, 2.05) is 18.2 Å². The molecular weight excluding hydrogens is 420 g/mol. The molecule has 34 heavy (non-hydrogen) atoms. The van der Waals surface area contributed by atoms with Gasteiger partial charge in [0.15, 0.2) is 5.60 Å². The zero-order chi connectivity index (χ0) is 23.1. The second-order valence-corrected chi connectivity index (χ2v) is 8.78. The fraction of sp³-hybridized carbons (Fsp3) is 0.200. The molecule has 4 aromatic carbocycles. The number of fused-ring (bicyclic) bond motifs is 6. The number of rotatable bonds is 5. The van der Waals surface area contributed by atoms with Crippen molar-refractivity contribution in [2.75, 3.05) is 23.3 Å². The van der Waals surface area contributed by atoms with Crippen LogP contribution in [0.5, 0.6) is 11.5 Å². The number of hydrogen-bond donors (Lipinski definition) is 1. The van der Waals surface area contributed by atoms with E-state index in [1.165, 1.54) is 11.1 Å². The summed E-state index contributed by atoms with van der Waals surface area (Å²) in [6.07, 6.45) is 0. The minimum Gasteiger partial charge on any atom is -0.456 e. The van der Waals surface area contributed by atoms with Crippen molar-refractivity contribution in [1.82, 2.24) is 0 Å². The zero-order valence-electron chi connectivity index (χ0n) is 19.5. The molecule has 0 amide bonds. The van der Waals surface area contributed by atoms with E-state index in [9.17, 15) is 0 Å². The topological polar surface area (TPSA) is 33.7 Å². The number of benzene rings is 4. The average molecular weight is 449 g/mol. The van der Waals surface area contributed by atoms with Crippen LogP contribution in [-0.4, -0.2) is 13.1 Å². The monoisotopic (exact) mass is 448 g/mol. The first-order valence-corrected chi connectivity index (χ1v) is 12.0. The summed E-state index contributed by atoms with van der Waals surface area (Å²) >= 11 is 0. The number of hydrogen-bond acceptors (Lipinski definition) is 4. The van der Waals surface area contributed by atoms with Gasteiger partial charge >= 0.3 is 0 Å². The maximum Gasteiger partial charge on any atom is 0.151 e. The molecule has 4 nitrogen and oxygen atoms in total. The maximum absolute atomic E-state index is 6.74. The normalized spacial score (nSPS) is 17.5. The van der Waals surface area contributed by atoms with Crippen LogP contribution in [0.2, 0.25) is 0 Å². The molecule has 6 rings (SSSR count). The lowest BCUT2D eigenvalue weighted by Crippen LogP contribution is -2.32. The van der Waals surface area contributed by atoms with Gasteiger partial charge < -0.3 is 19.7 Å². The molecule has 0 aliphatic carbocycles. The zero-order valence-corrected chi connectivity index (χ0v) is 19.5. The lowest BCUT2D eigenvalue weighted by Gasteiger charge is -2.38. The van der Waals surface area contributed by atoms with E-state index in [4.69, 9.17) is 9.47 Å². The van der Waals surface area contributed by atoms with Crippen molar-refractivity contribution in [3.63, 3.8) is 0 Å². The molecular formula is C30H28N2O2. The maximum atomic E-state index is 6.74. The van der Waals surface area contributed by atoms with E-state index >= 15 is 0 Å². The Morgan fingerprint density at radius 1 is 0.735 bits per heavy atom. The summed E-state index contributed by atoms with van der Waals surface area (Å²) in [6, 6.07) is 31.6. The number of nitrogens with one attached hydrogen (secondary N) is 1. The first-order chi connectivity index (χ1) is 16.7. The van der Waals surface area contributed by atoms with Crippen molar-refractivity contribution in [3.8, 4) is 11.5 Å². The highest BCUT2D eigenvalue weighted by Gasteiger charge is 2.49. The second-order valence-electron chi connectivity index (χ2n) is 8.78. The molecule has 0 saturated carbocycles. The fourth-order valence-corrected chi connectivity index (χ4v) is 5.29. The molecule has 0 bridgehead atoms. The average Bonchev–Trinajstić information content (AvgIpc) is 3.26. The number of ether oxygens (including phenoxy) is 2. The molecule has 2 aliphatic heterocycles. The lowest BCUT2D eigenvalue weighted by molar-refractivity contribution is 0.0200. The molecule has 2 heterocycles. The molecule has 0 radical (unpaired) electrons. The molecule has 4 aromatic rings. The molecule has 1 unspecified atom stereocenters. The fourth-order valence-electron chi connectivity index (χ4n) is 5.29. The second kappa shape index (κ2) is 8.23. The molecule has 1 spiro atoms. The van der Waals surface area contributed by atoms with E-state index in [2.05, 4.69) is 96.9 Å². The van der Waals surface area contributed by atoms with Crippen LogP contribution in [0.3, 0.4) is 0 Å². The number of anilines is 3. The third kappa shape index (κ3) is 3.17. The van der Waals surface area contributed by atoms with E-state index in [0.29, 0.717) is 6.61 Å². The van der Waals surface area contributed by atoms with Gasteiger partial charge in [0.05, 0.1) is 6.61 Å². The van der Waals surface area contributed by atoms with Crippen LogP contribution in [0.25, 0.3) is 0 Å². The minimum absolute atomic E-state index is 0.573. The largest absolute Gasteiger partial charge is 0.456 e. The van der Waals surface area contributed by atoms with Gasteiger partial charge in [0.25, 0.3) is 0 Å². The van der Waals surface area contributed by atoms with Crippen LogP contribution in [-0.2, 0) is 16.9 Å². The standard InChI is InChI=1S/C30H28N2O2/c1-3-32(4-2)24-15-16-26-29(19-24)34-28-17-14-23(31-22-11-6-5-7-12-22)18-27(28)30(26)25-13-9-8-10-21(25)20-33-30/h5-19,31H,3-4,20H2,1-2H3. The van der Waals surface area contributed by atoms with Gasteiger partial charge in [-0.3, -0.25) is 0 Å². The van der Waals surface area contributed by atoms with Gasteiger partial charge in [-0.05, 0) is 67.4 Å². The Morgan fingerprint density at radius 3 is 2.35 bits per heavy atom. The van der Waals surface area contributed by atoms with Gasteiger partial charge in [-0.1, -0.05) is 42.5 Å². The predicted octanol–water partition coefficient (Wildman–Crippen LogP) is 7.20. The summed E-state index contributed by atoms with van der Waals surface area (Å²) < 4.78 is 13.3. The van der Waals surface area contributed by atoms with Crippen LogP contribution >= 0.6 is 0 Å². The van der Waals surface area contributed by atoms with Gasteiger partial charge in [-0.2, -0.15) is 0 Å². The van der Waals surface area contributed by atoms with Crippen LogP contribution in [0.4, 0.5) is 17.1 Å². The Kier molecular flexibility index (Phi) is 5.04. The molecule has 170 valence electrons. The third-order valence-electron chi connectivity index (χ3n) is 6.96. The summed E-state index contributed by atoms with van der Waals surface area (Å²) in [5.74, 6) is 1.69. The summed E-state index contributed by atoms with van der Waals surface area (Å²) in [5.41, 5.74) is 7.00. The summed E-state index contributed by atoms with van der Waals surface area (Å²) in [5, 5.41) is 3.53. The smallest absolute Gasteiger partial charge is 0.151 e. The molecule has 0 saturated heterocycles. The first kappa shape index (κ1) is 20.8. The van der Waals surface area contributed by atoms with Crippen molar-refractivity contribution in [2.24, 2.45) is 0 Å². The number of para-hydroxylation sites is 1. The van der Waals surface area contributed by atoms with Crippen LogP contribution in [0.15, 0.2) is 91.0 Å². The van der Waals surface area contributed by atoms with Gasteiger partial charge in [0.1, 0.15) is 11.5 Å². The molecule has 1 N–H and O–H groups in total. The third-order valence-corrected chi connectivity index (χ3v) is 6.96. The minimum atomic E-state index is -0.699. The van der Waals surface area contributed by atoms with E-state index in [1.54, 1.807) is 0 Å². The molecule has 4 heteroatoms. The highest BCUT2D eigenvalue weighted by atomic mass is 16.5. The van der Waals surface area contributed by atoms with Gasteiger partial charge in [0.2, 0.25) is 0 Å². The summed E-state index contributed by atoms with van der Waals surface area (Å²) in [4.78, 5) is 2.34. The van der Waals surface area contributed by atoms with Crippen molar-refractivity contribution >= 4 is 17.1 Å². The Labute approximate surface area is 200 Å². The highest BCUT2D eigenvalue weighted by molar-refractivity contribution is 5.71. The van der Waals surface area contributed by atoms with Gasteiger partial charge in [-0.15, -0.1) is 0 Å². The summed E-state index contributed by atoms with van der Waals surface area (Å²) in [6.45, 7) is 6.83. The Morgan fingerprint density at radius 2 is 1.53 bits per heavy atom. The van der Waals surface area contributed by atoms with Crippen molar-refractivity contribution < 1.29 is 9.47 Å². The SMILES string of the molecule is CCN(CC)c1ccc2c(c1)Oc1ccc(Nc3ccccc3)cc1C21OCc2ccccc21. The van der Waals surface area contributed by atoms with Crippen molar-refractivity contribution in [3.05, 3.63) is 113 Å². The number of nitrogens with zero attached hydrogens (tertiary/aromatic N) is 1. The first-order valence-electron chi connectivity index (χ1n) is 12.0. The van der Waals surface area contributed by atoms with E-state index in [0.717, 1.165) is 52.8 Å². The Balaban J connectivity index is 1.53. The molecule has 0 fully saturated rings. The van der Waals surface area contributed by atoms with Crippen LogP contribution in [0, 0.1) is 0 Å². The van der Waals surface area contributed by atoms with Crippen molar-refractivity contribution in [2.45, 2.75) is 26.1 Å². The lowest BCUT2D eigenvalue weighted by atomic mass is 9.77. The van der Waals surface area contributed by atoms with Crippen molar-refractivity contribution in [1.29, 1.82) is 0 Å². The van der Waals surface area contributed by atoms with Crippen LogP contribution < -0.4 is 15.0 Å².